The van der Waals surface area contributed by atoms with Crippen LogP contribution in [0.4, 0.5) is 5.82 Å². The van der Waals surface area contributed by atoms with Gasteiger partial charge in [0.05, 0.1) is 32.7 Å². The van der Waals surface area contributed by atoms with Crippen LogP contribution < -0.4 is 10.1 Å². The summed E-state index contributed by atoms with van der Waals surface area (Å²) in [5.41, 5.74) is 0. The predicted octanol–water partition coefficient (Wildman–Crippen LogP) is -0.179. The Balaban J connectivity index is 2.72. The minimum Gasteiger partial charge on any atom is -0.477 e. The lowest BCUT2D eigenvalue weighted by atomic mass is 10.3. The van der Waals surface area contributed by atoms with Gasteiger partial charge in [0, 0.05) is 0 Å². The fourth-order valence-electron chi connectivity index (χ4n) is 1.13. The van der Waals surface area contributed by atoms with Crippen molar-refractivity contribution in [1.82, 2.24) is 9.97 Å². The van der Waals surface area contributed by atoms with E-state index in [-0.39, 0.29) is 0 Å². The molecule has 7 nitrogen and oxygen atoms in total. The van der Waals surface area contributed by atoms with Crippen LogP contribution in [0.5, 0.6) is 5.88 Å². The van der Waals surface area contributed by atoms with Crippen molar-refractivity contribution in [2.45, 2.75) is 13.0 Å². The molecule has 0 fully saturated rings. The van der Waals surface area contributed by atoms with Crippen LogP contribution in [0.15, 0.2) is 12.4 Å². The molecule has 94 valence electrons. The summed E-state index contributed by atoms with van der Waals surface area (Å²) in [4.78, 5) is 19.2. The molecular weight excluding hydrogens is 226 g/mol. The third kappa shape index (κ3) is 3.87. The van der Waals surface area contributed by atoms with Crippen molar-refractivity contribution in [3.8, 4) is 5.88 Å². The highest BCUT2D eigenvalue weighted by Crippen LogP contribution is 2.10. The fraction of sp³-hybridized carbons (Fsp3) is 0.500. The number of aliphatic hydroxyl groups excluding tert-OH is 1. The Bertz CT molecular complexity index is 372. The number of aromatic nitrogens is 2. The molecular formula is C10H15N3O4. The summed E-state index contributed by atoms with van der Waals surface area (Å²) in [6.07, 6.45) is 2.88. The highest BCUT2D eigenvalue weighted by molar-refractivity contribution is 5.78. The third-order valence-electron chi connectivity index (χ3n) is 1.90. The van der Waals surface area contributed by atoms with Gasteiger partial charge in [0.15, 0.2) is 0 Å². The van der Waals surface area contributed by atoms with E-state index < -0.39 is 18.6 Å². The largest absolute Gasteiger partial charge is 0.477 e. The molecule has 1 rings (SSSR count). The van der Waals surface area contributed by atoms with Gasteiger partial charge in [0.1, 0.15) is 11.9 Å². The van der Waals surface area contributed by atoms with Crippen molar-refractivity contribution >= 4 is 11.8 Å². The van der Waals surface area contributed by atoms with Crippen LogP contribution in [0.3, 0.4) is 0 Å². The Labute approximate surface area is 98.8 Å². The summed E-state index contributed by atoms with van der Waals surface area (Å²) in [7, 11) is 1.25. The Morgan fingerprint density at radius 1 is 1.59 bits per heavy atom. The van der Waals surface area contributed by atoms with Gasteiger partial charge in [-0.25, -0.2) is 4.79 Å². The molecule has 0 aliphatic carbocycles. The quantitative estimate of drug-likeness (QED) is 0.667. The van der Waals surface area contributed by atoms with E-state index in [0.29, 0.717) is 18.3 Å². The van der Waals surface area contributed by atoms with E-state index in [1.54, 1.807) is 0 Å². The Hall–Kier alpha value is -1.89. The molecule has 1 aromatic heterocycles. The number of nitrogens with zero attached hydrogens (tertiary/aromatic N) is 2. The SMILES string of the molecule is CCOc1cncc(NC(CO)C(=O)OC)n1. The molecule has 0 bridgehead atoms. The average Bonchev–Trinajstić information content (AvgIpc) is 2.36. The van der Waals surface area contributed by atoms with E-state index in [4.69, 9.17) is 9.84 Å². The molecule has 7 heteroatoms. The van der Waals surface area contributed by atoms with Gasteiger partial charge in [-0.05, 0) is 6.92 Å². The molecule has 1 atom stereocenters. The van der Waals surface area contributed by atoms with E-state index >= 15 is 0 Å². The zero-order valence-electron chi connectivity index (χ0n) is 9.71. The highest BCUT2D eigenvalue weighted by atomic mass is 16.5. The number of methoxy groups -OCH3 is 1. The maximum Gasteiger partial charge on any atom is 0.330 e. The van der Waals surface area contributed by atoms with Crippen LogP contribution in [0.2, 0.25) is 0 Å². The second kappa shape index (κ2) is 6.64. The van der Waals surface area contributed by atoms with Crippen molar-refractivity contribution in [1.29, 1.82) is 0 Å². The van der Waals surface area contributed by atoms with Crippen LogP contribution in [0.25, 0.3) is 0 Å². The molecule has 1 heterocycles. The van der Waals surface area contributed by atoms with E-state index in [2.05, 4.69) is 20.0 Å². The van der Waals surface area contributed by atoms with Gasteiger partial charge >= 0.3 is 5.97 Å². The number of carbonyl (C=O) groups excluding carboxylic acids is 1. The molecule has 2 N–H and O–H groups in total. The van der Waals surface area contributed by atoms with Gasteiger partial charge in [0.25, 0.3) is 0 Å². The molecule has 0 spiro atoms. The fourth-order valence-corrected chi connectivity index (χ4v) is 1.13. The molecule has 0 aromatic carbocycles. The number of esters is 1. The number of ether oxygens (including phenoxy) is 2. The summed E-state index contributed by atoms with van der Waals surface area (Å²) < 4.78 is 9.67. The first kappa shape index (κ1) is 13.2. The molecule has 0 amide bonds. The van der Waals surface area contributed by atoms with Gasteiger partial charge in [-0.15, -0.1) is 0 Å². The topological polar surface area (TPSA) is 93.6 Å². The Morgan fingerprint density at radius 3 is 2.94 bits per heavy atom. The van der Waals surface area contributed by atoms with Crippen LogP contribution in [0.1, 0.15) is 6.92 Å². The van der Waals surface area contributed by atoms with E-state index in [1.165, 1.54) is 19.5 Å². The average molecular weight is 241 g/mol. The standard InChI is InChI=1S/C10H15N3O4/c1-3-17-9-5-11-4-8(13-9)12-7(6-14)10(15)16-2/h4-5,7,14H,3,6H2,1-2H3,(H,12,13). The summed E-state index contributed by atoms with van der Waals surface area (Å²) >= 11 is 0. The summed E-state index contributed by atoms with van der Waals surface area (Å²) in [5.74, 6) is 0.107. The first-order valence-electron chi connectivity index (χ1n) is 5.11. The van der Waals surface area contributed by atoms with E-state index in [9.17, 15) is 4.79 Å². The second-order valence-corrected chi connectivity index (χ2v) is 3.08. The summed E-state index contributed by atoms with van der Waals surface area (Å²) in [6, 6.07) is -0.869. The minimum atomic E-state index is -0.869. The van der Waals surface area contributed by atoms with Crippen LogP contribution in [-0.2, 0) is 9.53 Å². The molecule has 1 unspecified atom stereocenters. The first-order chi connectivity index (χ1) is 8.21. The molecule has 0 aliphatic heterocycles. The van der Waals surface area contributed by atoms with Crippen molar-refractivity contribution in [3.05, 3.63) is 12.4 Å². The molecule has 0 saturated heterocycles. The maximum atomic E-state index is 11.2. The predicted molar refractivity (Wildman–Crippen MR) is 59.7 cm³/mol. The minimum absolute atomic E-state index is 0.334. The highest BCUT2D eigenvalue weighted by Gasteiger charge is 2.18. The van der Waals surface area contributed by atoms with Gasteiger partial charge < -0.3 is 19.9 Å². The molecule has 0 radical (unpaired) electrons. The van der Waals surface area contributed by atoms with Crippen LogP contribution in [0, 0.1) is 0 Å². The monoisotopic (exact) mass is 241 g/mol. The lowest BCUT2D eigenvalue weighted by molar-refractivity contribution is -0.142. The van der Waals surface area contributed by atoms with Gasteiger partial charge in [-0.2, -0.15) is 4.98 Å². The van der Waals surface area contributed by atoms with E-state index in [0.717, 1.165) is 0 Å². The van der Waals surface area contributed by atoms with Crippen LogP contribution in [-0.4, -0.2) is 47.4 Å². The Morgan fingerprint density at radius 2 is 2.35 bits per heavy atom. The number of anilines is 1. The third-order valence-corrected chi connectivity index (χ3v) is 1.90. The number of hydrogen-bond acceptors (Lipinski definition) is 7. The van der Waals surface area contributed by atoms with Crippen molar-refractivity contribution in [2.75, 3.05) is 25.6 Å². The number of aliphatic hydroxyl groups is 1. The lowest BCUT2D eigenvalue weighted by Crippen LogP contribution is -2.34. The van der Waals surface area contributed by atoms with E-state index in [1.807, 2.05) is 6.92 Å². The summed E-state index contributed by atoms with van der Waals surface area (Å²) in [5, 5.41) is 11.7. The van der Waals surface area contributed by atoms with Gasteiger partial charge in [-0.3, -0.25) is 4.98 Å². The van der Waals surface area contributed by atoms with Gasteiger partial charge in [-0.1, -0.05) is 0 Å². The summed E-state index contributed by atoms with van der Waals surface area (Å²) in [6.45, 7) is 1.90. The van der Waals surface area contributed by atoms with Crippen LogP contribution >= 0.6 is 0 Å². The second-order valence-electron chi connectivity index (χ2n) is 3.08. The van der Waals surface area contributed by atoms with Crippen molar-refractivity contribution in [2.24, 2.45) is 0 Å². The number of rotatable bonds is 6. The molecule has 1 aromatic rings. The first-order valence-corrected chi connectivity index (χ1v) is 5.11. The van der Waals surface area contributed by atoms with Crippen molar-refractivity contribution < 1.29 is 19.4 Å². The normalized spacial score (nSPS) is 11.7. The number of hydrogen-bond donors (Lipinski definition) is 2. The van der Waals surface area contributed by atoms with Gasteiger partial charge in [0.2, 0.25) is 5.88 Å². The molecule has 0 aliphatic rings. The number of nitrogens with one attached hydrogen (secondary N) is 1. The smallest absolute Gasteiger partial charge is 0.330 e. The zero-order chi connectivity index (χ0) is 12.7. The lowest BCUT2D eigenvalue weighted by Gasteiger charge is -2.14. The molecule has 0 saturated carbocycles. The molecule has 17 heavy (non-hydrogen) atoms. The maximum absolute atomic E-state index is 11.2. The van der Waals surface area contributed by atoms with Crippen molar-refractivity contribution in [3.63, 3.8) is 0 Å². The Kier molecular flexibility index (Phi) is 5.15. The number of carbonyl (C=O) groups is 1. The zero-order valence-corrected chi connectivity index (χ0v) is 9.71.